The second kappa shape index (κ2) is 4.91. The Kier molecular flexibility index (Phi) is 3.46. The summed E-state index contributed by atoms with van der Waals surface area (Å²) in [5.41, 5.74) is -0.129. The van der Waals surface area contributed by atoms with Crippen molar-refractivity contribution < 1.29 is 23.8 Å². The number of esters is 2. The first-order chi connectivity index (χ1) is 8.94. The fraction of sp³-hybridized carbons (Fsp3) is 0.429. The van der Waals surface area contributed by atoms with Crippen molar-refractivity contribution in [1.82, 2.24) is 0 Å². The molecule has 1 aliphatic heterocycles. The molecule has 19 heavy (non-hydrogen) atoms. The summed E-state index contributed by atoms with van der Waals surface area (Å²) < 4.78 is 15.2. The Morgan fingerprint density at radius 2 is 1.95 bits per heavy atom. The van der Waals surface area contributed by atoms with Crippen LogP contribution in [-0.2, 0) is 14.3 Å². The van der Waals surface area contributed by atoms with E-state index < -0.39 is 23.5 Å². The van der Waals surface area contributed by atoms with E-state index >= 15 is 0 Å². The van der Waals surface area contributed by atoms with E-state index in [1.807, 2.05) is 13.8 Å². The van der Waals surface area contributed by atoms with Crippen molar-refractivity contribution in [2.24, 2.45) is 5.41 Å². The minimum atomic E-state index is -0.859. The molecule has 0 amide bonds. The van der Waals surface area contributed by atoms with Gasteiger partial charge in [0.1, 0.15) is 12.4 Å². The predicted molar refractivity (Wildman–Crippen MR) is 66.9 cm³/mol. The van der Waals surface area contributed by atoms with Crippen molar-refractivity contribution in [1.29, 1.82) is 0 Å². The minimum absolute atomic E-state index is 0.256. The highest BCUT2D eigenvalue weighted by Crippen LogP contribution is 2.31. The summed E-state index contributed by atoms with van der Waals surface area (Å²) in [6, 6.07) is 6.51. The lowest BCUT2D eigenvalue weighted by atomic mass is 9.90. The van der Waals surface area contributed by atoms with Crippen LogP contribution in [0, 0.1) is 5.41 Å². The Balaban J connectivity index is 2.10. The molecule has 1 aliphatic rings. The smallest absolute Gasteiger partial charge is 0.348 e. The molecule has 0 spiro atoms. The second-order valence-corrected chi connectivity index (χ2v) is 5.11. The van der Waals surface area contributed by atoms with Gasteiger partial charge in [-0.1, -0.05) is 13.8 Å². The molecule has 0 aliphatic carbocycles. The third kappa shape index (κ3) is 2.70. The van der Waals surface area contributed by atoms with Gasteiger partial charge in [0, 0.05) is 5.41 Å². The van der Waals surface area contributed by atoms with Crippen molar-refractivity contribution in [2.75, 3.05) is 13.7 Å². The van der Waals surface area contributed by atoms with E-state index in [2.05, 4.69) is 0 Å². The average molecular weight is 264 g/mol. The molecule has 102 valence electrons. The maximum absolute atomic E-state index is 12.0. The van der Waals surface area contributed by atoms with Gasteiger partial charge in [-0.15, -0.1) is 0 Å². The van der Waals surface area contributed by atoms with Crippen LogP contribution in [0.2, 0.25) is 0 Å². The minimum Gasteiger partial charge on any atom is -0.497 e. The lowest BCUT2D eigenvalue weighted by Gasteiger charge is -2.21. The molecule has 1 aromatic carbocycles. The normalized spacial score (nSPS) is 20.8. The molecule has 5 heteroatoms. The standard InChI is InChI=1S/C14H16O5/c1-14(2)8-18-13(16)11(14)19-12(15)9-4-6-10(17-3)7-5-9/h4-7,11H,8H2,1-3H3. The van der Waals surface area contributed by atoms with E-state index in [1.54, 1.807) is 31.4 Å². The van der Waals surface area contributed by atoms with Crippen LogP contribution >= 0.6 is 0 Å². The van der Waals surface area contributed by atoms with E-state index in [9.17, 15) is 9.59 Å². The maximum Gasteiger partial charge on any atom is 0.348 e. The molecule has 1 aromatic rings. The van der Waals surface area contributed by atoms with Crippen LogP contribution in [0.3, 0.4) is 0 Å². The summed E-state index contributed by atoms with van der Waals surface area (Å²) in [5, 5.41) is 0. The van der Waals surface area contributed by atoms with E-state index in [1.165, 1.54) is 0 Å². The van der Waals surface area contributed by atoms with E-state index in [0.29, 0.717) is 11.3 Å². The number of methoxy groups -OCH3 is 1. The van der Waals surface area contributed by atoms with Gasteiger partial charge in [-0.05, 0) is 24.3 Å². The zero-order valence-electron chi connectivity index (χ0n) is 11.1. The van der Waals surface area contributed by atoms with Gasteiger partial charge >= 0.3 is 11.9 Å². The zero-order valence-corrected chi connectivity index (χ0v) is 11.1. The first-order valence-electron chi connectivity index (χ1n) is 5.96. The molecule has 0 bridgehead atoms. The Labute approximate surface area is 111 Å². The highest BCUT2D eigenvalue weighted by atomic mass is 16.6. The highest BCUT2D eigenvalue weighted by Gasteiger charge is 2.46. The number of hydrogen-bond donors (Lipinski definition) is 0. The molecule has 5 nitrogen and oxygen atoms in total. The molecule has 0 saturated carbocycles. The first kappa shape index (κ1) is 13.4. The molecular formula is C14H16O5. The van der Waals surface area contributed by atoms with Crippen molar-refractivity contribution in [2.45, 2.75) is 20.0 Å². The third-order valence-corrected chi connectivity index (χ3v) is 3.06. The Morgan fingerprint density at radius 3 is 2.42 bits per heavy atom. The van der Waals surface area contributed by atoms with Crippen molar-refractivity contribution in [3.8, 4) is 5.75 Å². The van der Waals surface area contributed by atoms with E-state index in [4.69, 9.17) is 14.2 Å². The predicted octanol–water partition coefficient (Wildman–Crippen LogP) is 1.80. The summed E-state index contributed by atoms with van der Waals surface area (Å²) >= 11 is 0. The number of carbonyl (C=O) groups is 2. The monoisotopic (exact) mass is 264 g/mol. The molecule has 0 N–H and O–H groups in total. The van der Waals surface area contributed by atoms with Gasteiger partial charge in [-0.3, -0.25) is 0 Å². The van der Waals surface area contributed by atoms with Crippen LogP contribution in [0.5, 0.6) is 5.75 Å². The van der Waals surface area contributed by atoms with Gasteiger partial charge in [-0.2, -0.15) is 0 Å². The molecule has 0 radical (unpaired) electrons. The molecule has 0 aromatic heterocycles. The van der Waals surface area contributed by atoms with Gasteiger partial charge in [0.15, 0.2) is 0 Å². The number of cyclic esters (lactones) is 1. The van der Waals surface area contributed by atoms with E-state index in [0.717, 1.165) is 0 Å². The lowest BCUT2D eigenvalue weighted by Crippen LogP contribution is -2.34. The fourth-order valence-electron chi connectivity index (χ4n) is 1.84. The van der Waals surface area contributed by atoms with Crippen LogP contribution in [0.1, 0.15) is 24.2 Å². The molecule has 1 unspecified atom stereocenters. The SMILES string of the molecule is COc1ccc(C(=O)OC2C(=O)OCC2(C)C)cc1. The second-order valence-electron chi connectivity index (χ2n) is 5.11. The first-order valence-corrected chi connectivity index (χ1v) is 5.96. The van der Waals surface area contributed by atoms with Crippen LogP contribution in [-0.4, -0.2) is 31.8 Å². The molecule has 1 fully saturated rings. The zero-order chi connectivity index (χ0) is 14.0. The summed E-state index contributed by atoms with van der Waals surface area (Å²) in [6.07, 6.45) is -0.859. The van der Waals surface area contributed by atoms with Crippen LogP contribution < -0.4 is 4.74 Å². The van der Waals surface area contributed by atoms with Gasteiger partial charge in [0.25, 0.3) is 0 Å². The largest absolute Gasteiger partial charge is 0.497 e. The number of benzene rings is 1. The number of carbonyl (C=O) groups excluding carboxylic acids is 2. The number of rotatable bonds is 3. The van der Waals surface area contributed by atoms with Gasteiger partial charge < -0.3 is 14.2 Å². The van der Waals surface area contributed by atoms with Crippen LogP contribution in [0.25, 0.3) is 0 Å². The van der Waals surface area contributed by atoms with Crippen LogP contribution in [0.4, 0.5) is 0 Å². The maximum atomic E-state index is 12.0. The third-order valence-electron chi connectivity index (χ3n) is 3.06. The summed E-state index contributed by atoms with van der Waals surface area (Å²) in [4.78, 5) is 23.5. The van der Waals surface area contributed by atoms with Crippen molar-refractivity contribution in [3.05, 3.63) is 29.8 Å². The van der Waals surface area contributed by atoms with Crippen molar-refractivity contribution in [3.63, 3.8) is 0 Å². The van der Waals surface area contributed by atoms with Gasteiger partial charge in [-0.25, -0.2) is 9.59 Å². The number of ether oxygens (including phenoxy) is 3. The topological polar surface area (TPSA) is 61.8 Å². The molecular weight excluding hydrogens is 248 g/mol. The van der Waals surface area contributed by atoms with Gasteiger partial charge in [0.05, 0.1) is 12.7 Å². The van der Waals surface area contributed by atoms with Crippen LogP contribution in [0.15, 0.2) is 24.3 Å². The van der Waals surface area contributed by atoms with Gasteiger partial charge in [0.2, 0.25) is 6.10 Å². The lowest BCUT2D eigenvalue weighted by molar-refractivity contribution is -0.145. The fourth-order valence-corrected chi connectivity index (χ4v) is 1.84. The Morgan fingerprint density at radius 1 is 1.32 bits per heavy atom. The summed E-state index contributed by atoms with van der Waals surface area (Å²) in [6.45, 7) is 3.90. The van der Waals surface area contributed by atoms with E-state index in [-0.39, 0.29) is 6.61 Å². The highest BCUT2D eigenvalue weighted by molar-refractivity contribution is 5.92. The molecule has 1 atom stereocenters. The average Bonchev–Trinajstić information content (AvgIpc) is 2.65. The summed E-state index contributed by atoms with van der Waals surface area (Å²) in [7, 11) is 1.55. The molecule has 2 rings (SSSR count). The summed E-state index contributed by atoms with van der Waals surface area (Å²) in [5.74, 6) is -0.386. The molecule has 1 saturated heterocycles. The van der Waals surface area contributed by atoms with Crippen molar-refractivity contribution >= 4 is 11.9 Å². The number of hydrogen-bond acceptors (Lipinski definition) is 5. The Hall–Kier alpha value is -2.04. The molecule has 1 heterocycles. The Bertz CT molecular complexity index is 489. The quantitative estimate of drug-likeness (QED) is 0.779.